The molecule has 0 aliphatic heterocycles. The molecule has 1 fully saturated rings. The fourth-order valence-corrected chi connectivity index (χ4v) is 5.98. The predicted octanol–water partition coefficient (Wildman–Crippen LogP) is 3.88. The van der Waals surface area contributed by atoms with E-state index < -0.39 is 10.0 Å². The van der Waals surface area contributed by atoms with Gasteiger partial charge in [-0.2, -0.15) is 4.31 Å². The zero-order chi connectivity index (χ0) is 24.1. The average Bonchev–Trinajstić information content (AvgIpc) is 3.63. The van der Waals surface area contributed by atoms with Crippen molar-refractivity contribution in [3.63, 3.8) is 0 Å². The van der Waals surface area contributed by atoms with Crippen LogP contribution in [0.3, 0.4) is 0 Å². The van der Waals surface area contributed by atoms with E-state index in [1.807, 2.05) is 24.3 Å². The van der Waals surface area contributed by atoms with Crippen LogP contribution in [-0.4, -0.2) is 56.9 Å². The Morgan fingerprint density at radius 2 is 1.88 bits per heavy atom. The van der Waals surface area contributed by atoms with E-state index in [2.05, 4.69) is 29.6 Å². The normalized spacial score (nSPS) is 20.0. The van der Waals surface area contributed by atoms with Crippen LogP contribution in [0.15, 0.2) is 48.5 Å². The Bertz CT molecular complexity index is 1090. The number of sulfonamides is 1. The second-order valence-electron chi connectivity index (χ2n) is 9.12. The first kappa shape index (κ1) is 24.5. The van der Waals surface area contributed by atoms with Gasteiger partial charge in [0, 0.05) is 24.5 Å². The second-order valence-corrected chi connectivity index (χ2v) is 11.1. The molecule has 2 atom stereocenters. The summed E-state index contributed by atoms with van der Waals surface area (Å²) >= 11 is 0. The van der Waals surface area contributed by atoms with Crippen molar-refractivity contribution < 1.29 is 22.7 Å². The highest BCUT2D eigenvalue weighted by Gasteiger charge is 2.35. The minimum absolute atomic E-state index is 0.0439. The largest absolute Gasteiger partial charge is 0.492 e. The van der Waals surface area contributed by atoms with Crippen LogP contribution >= 0.6 is 0 Å². The van der Waals surface area contributed by atoms with Crippen molar-refractivity contribution in [3.05, 3.63) is 65.2 Å². The molecular weight excluding hydrogens is 452 g/mol. The number of nitrogens with one attached hydrogen (secondary N) is 1. The van der Waals surface area contributed by atoms with E-state index in [-0.39, 0.29) is 24.1 Å². The lowest BCUT2D eigenvalue weighted by atomic mass is 9.76. The second kappa shape index (κ2) is 10.8. The minimum atomic E-state index is -3.24. The van der Waals surface area contributed by atoms with E-state index in [1.54, 1.807) is 11.2 Å². The summed E-state index contributed by atoms with van der Waals surface area (Å²) in [5, 5.41) is 3.07. The van der Waals surface area contributed by atoms with Gasteiger partial charge in [0.2, 0.25) is 10.0 Å². The highest BCUT2D eigenvalue weighted by molar-refractivity contribution is 7.88. The molecule has 1 N–H and O–H groups in total. The molecular formula is C26H34N2O5S. The molecule has 2 aromatic carbocycles. The molecule has 0 radical (unpaired) electrons. The van der Waals surface area contributed by atoms with Crippen molar-refractivity contribution in [2.75, 3.05) is 26.0 Å². The molecule has 2 unspecified atom stereocenters. The van der Waals surface area contributed by atoms with E-state index in [1.165, 1.54) is 17.4 Å². The summed E-state index contributed by atoms with van der Waals surface area (Å²) in [6, 6.07) is 16.5. The molecule has 0 heterocycles. The Hall–Kier alpha value is -2.58. The first-order valence-corrected chi connectivity index (χ1v) is 13.9. The van der Waals surface area contributed by atoms with Crippen LogP contribution < -0.4 is 10.1 Å². The minimum Gasteiger partial charge on any atom is -0.492 e. The lowest BCUT2D eigenvalue weighted by Crippen LogP contribution is -2.43. The molecule has 34 heavy (non-hydrogen) atoms. The third kappa shape index (κ3) is 6.30. The molecule has 1 saturated carbocycles. The highest BCUT2D eigenvalue weighted by atomic mass is 32.2. The van der Waals surface area contributed by atoms with E-state index in [9.17, 15) is 13.2 Å². The number of hydrogen-bond acceptors (Lipinski definition) is 5. The quantitative estimate of drug-likeness (QED) is 0.551. The zero-order valence-electron chi connectivity index (χ0n) is 19.9. The Balaban J connectivity index is 1.51. The van der Waals surface area contributed by atoms with Gasteiger partial charge < -0.3 is 14.8 Å². The van der Waals surface area contributed by atoms with Crippen LogP contribution in [0.5, 0.6) is 5.75 Å². The number of aryl methyl sites for hydroxylation is 1. The van der Waals surface area contributed by atoms with Gasteiger partial charge in [-0.05, 0) is 67.9 Å². The summed E-state index contributed by atoms with van der Waals surface area (Å²) in [7, 11) is -3.24. The van der Waals surface area contributed by atoms with Crippen molar-refractivity contribution in [2.45, 2.75) is 57.0 Å². The summed E-state index contributed by atoms with van der Waals surface area (Å²) in [4.78, 5) is 12.2. The molecule has 0 aromatic heterocycles. The summed E-state index contributed by atoms with van der Waals surface area (Å²) in [5.74, 6) is 0.802. The van der Waals surface area contributed by atoms with Crippen LogP contribution in [0.4, 0.5) is 4.79 Å². The molecule has 0 saturated heterocycles. The number of alkyl carbamates (subject to hydrolysis) is 1. The Labute approximate surface area is 202 Å². The maximum absolute atomic E-state index is 12.2. The van der Waals surface area contributed by atoms with Gasteiger partial charge in [-0.15, -0.1) is 0 Å². The molecule has 2 aliphatic carbocycles. The number of hydrogen-bond donors (Lipinski definition) is 1. The topological polar surface area (TPSA) is 84.9 Å². The molecule has 0 spiro atoms. The number of nitrogens with zero attached hydrogens (tertiary/aromatic N) is 1. The molecule has 1 amide bonds. The van der Waals surface area contributed by atoms with Gasteiger partial charge in [-0.1, -0.05) is 36.4 Å². The third-order valence-electron chi connectivity index (χ3n) is 6.56. The highest BCUT2D eigenvalue weighted by Crippen LogP contribution is 2.37. The van der Waals surface area contributed by atoms with Crippen molar-refractivity contribution in [2.24, 2.45) is 0 Å². The molecule has 8 heteroatoms. The lowest BCUT2D eigenvalue weighted by Gasteiger charge is -2.34. The van der Waals surface area contributed by atoms with Crippen LogP contribution in [0.2, 0.25) is 0 Å². The van der Waals surface area contributed by atoms with E-state index >= 15 is 0 Å². The summed E-state index contributed by atoms with van der Waals surface area (Å²) in [6.07, 6.45) is 5.20. The maximum atomic E-state index is 12.2. The molecule has 4 rings (SSSR count). The van der Waals surface area contributed by atoms with Crippen molar-refractivity contribution in [3.8, 4) is 5.75 Å². The Morgan fingerprint density at radius 1 is 1.12 bits per heavy atom. The fraction of sp³-hybridized carbons (Fsp3) is 0.500. The maximum Gasteiger partial charge on any atom is 0.407 e. The number of ether oxygens (including phenoxy) is 2. The fourth-order valence-electron chi connectivity index (χ4n) is 4.82. The zero-order valence-corrected chi connectivity index (χ0v) is 20.7. The average molecular weight is 487 g/mol. The number of carbonyl (C=O) groups excluding carboxylic acids is 1. The number of carbonyl (C=O) groups is 1. The number of rotatable bonds is 10. The van der Waals surface area contributed by atoms with Crippen LogP contribution in [0.25, 0.3) is 0 Å². The molecule has 7 nitrogen and oxygen atoms in total. The monoisotopic (exact) mass is 486 g/mol. The molecule has 0 bridgehead atoms. The summed E-state index contributed by atoms with van der Waals surface area (Å²) < 4.78 is 36.8. The third-order valence-corrected chi connectivity index (χ3v) is 7.90. The first-order valence-electron chi connectivity index (χ1n) is 12.0. The van der Waals surface area contributed by atoms with Crippen molar-refractivity contribution in [1.82, 2.24) is 9.62 Å². The molecule has 2 aromatic rings. The summed E-state index contributed by atoms with van der Waals surface area (Å²) in [6.45, 7) is 2.79. The summed E-state index contributed by atoms with van der Waals surface area (Å²) in [5.41, 5.74) is 3.62. The van der Waals surface area contributed by atoms with Crippen molar-refractivity contribution in [1.29, 1.82) is 0 Å². The Morgan fingerprint density at radius 3 is 2.56 bits per heavy atom. The van der Waals surface area contributed by atoms with E-state index in [0.29, 0.717) is 19.8 Å². The predicted molar refractivity (Wildman–Crippen MR) is 132 cm³/mol. The van der Waals surface area contributed by atoms with Gasteiger partial charge in [0.1, 0.15) is 12.4 Å². The lowest BCUT2D eigenvalue weighted by molar-refractivity contribution is 0.144. The van der Waals surface area contributed by atoms with Crippen LogP contribution in [0.1, 0.15) is 48.8 Å². The van der Waals surface area contributed by atoms with Gasteiger partial charge in [0.25, 0.3) is 0 Å². The SMILES string of the molecule is CCOC(=O)NC1CCc2ccc(OCCN(C3CC3)S(C)(=O)=O)cc2C1Cc1ccccc1. The van der Waals surface area contributed by atoms with Gasteiger partial charge in [-0.3, -0.25) is 0 Å². The molecule has 184 valence electrons. The van der Waals surface area contributed by atoms with Crippen molar-refractivity contribution >= 4 is 16.1 Å². The number of fused-ring (bicyclic) bond motifs is 1. The first-order chi connectivity index (χ1) is 16.3. The molecule has 2 aliphatic rings. The van der Waals surface area contributed by atoms with E-state index in [0.717, 1.165) is 43.4 Å². The smallest absolute Gasteiger partial charge is 0.407 e. The van der Waals surface area contributed by atoms with Gasteiger partial charge in [0.15, 0.2) is 0 Å². The number of amides is 1. The van der Waals surface area contributed by atoms with Gasteiger partial charge >= 0.3 is 6.09 Å². The Kier molecular flexibility index (Phi) is 7.78. The van der Waals surface area contributed by atoms with Crippen LogP contribution in [0, 0.1) is 0 Å². The number of benzene rings is 2. The van der Waals surface area contributed by atoms with Crippen LogP contribution in [-0.2, 0) is 27.6 Å². The van der Waals surface area contributed by atoms with E-state index in [4.69, 9.17) is 9.47 Å². The van der Waals surface area contributed by atoms with Gasteiger partial charge in [0.05, 0.1) is 12.9 Å². The standard InChI is InChI=1S/C26H34N2O5S/c1-3-32-26(29)27-25-14-10-20-9-13-22(33-16-15-28(21-11-12-21)34(2,30)31)18-23(20)24(25)17-19-7-5-4-6-8-19/h4-9,13,18,21,24-25H,3,10-12,14-17H2,1-2H3,(H,27,29). The van der Waals surface area contributed by atoms with Gasteiger partial charge in [-0.25, -0.2) is 13.2 Å².